The first-order chi connectivity index (χ1) is 10.5. The average molecular weight is 411 g/mol. The van der Waals surface area contributed by atoms with Gasteiger partial charge < -0.3 is 5.32 Å². The lowest BCUT2D eigenvalue weighted by Crippen LogP contribution is -2.00. The highest BCUT2D eigenvalue weighted by Gasteiger charge is 2.17. The Labute approximate surface area is 162 Å². The SMILES string of the molecule is C.C.Clc1nc(Cl)c2c(n1)CCC2.Clc1nc(Cl)c2c(n1)CNC2. The summed E-state index contributed by atoms with van der Waals surface area (Å²) in [5.74, 6) is 0. The Morgan fingerprint density at radius 1 is 0.667 bits per heavy atom. The predicted molar refractivity (Wildman–Crippen MR) is 100 cm³/mol. The van der Waals surface area contributed by atoms with Gasteiger partial charge in [-0.05, 0) is 42.5 Å². The molecular formula is C15H19Cl4N5. The molecule has 0 aromatic carbocycles. The van der Waals surface area contributed by atoms with Gasteiger partial charge in [-0.2, -0.15) is 0 Å². The van der Waals surface area contributed by atoms with Gasteiger partial charge in [0.2, 0.25) is 10.6 Å². The van der Waals surface area contributed by atoms with Crippen LogP contribution < -0.4 is 5.32 Å². The van der Waals surface area contributed by atoms with Crippen LogP contribution in [0.2, 0.25) is 20.9 Å². The van der Waals surface area contributed by atoms with E-state index in [9.17, 15) is 0 Å². The quantitative estimate of drug-likeness (QED) is 0.492. The minimum absolute atomic E-state index is 0. The fourth-order valence-electron chi connectivity index (χ4n) is 2.46. The molecule has 1 aliphatic heterocycles. The molecule has 0 atom stereocenters. The lowest BCUT2D eigenvalue weighted by molar-refractivity contribution is 0.758. The van der Waals surface area contributed by atoms with Crippen LogP contribution in [0.25, 0.3) is 0 Å². The second kappa shape index (κ2) is 9.11. The number of nitrogens with one attached hydrogen (secondary N) is 1. The van der Waals surface area contributed by atoms with E-state index in [0.29, 0.717) is 10.3 Å². The molecule has 4 rings (SSSR count). The first-order valence-electron chi connectivity index (χ1n) is 6.67. The summed E-state index contributed by atoms with van der Waals surface area (Å²) in [5, 5.41) is 4.58. The number of aryl methyl sites for hydroxylation is 1. The fourth-order valence-corrected chi connectivity index (χ4v) is 3.46. The van der Waals surface area contributed by atoms with Gasteiger partial charge >= 0.3 is 0 Å². The molecule has 0 bridgehead atoms. The van der Waals surface area contributed by atoms with Crippen molar-refractivity contribution in [3.05, 3.63) is 43.4 Å². The number of aromatic nitrogens is 4. The van der Waals surface area contributed by atoms with E-state index in [1.54, 1.807) is 0 Å². The van der Waals surface area contributed by atoms with Crippen molar-refractivity contribution < 1.29 is 0 Å². The van der Waals surface area contributed by atoms with Crippen LogP contribution in [-0.4, -0.2) is 19.9 Å². The van der Waals surface area contributed by atoms with E-state index in [0.717, 1.165) is 54.9 Å². The number of rotatable bonds is 0. The molecule has 3 heterocycles. The molecule has 0 saturated heterocycles. The molecule has 0 fully saturated rings. The van der Waals surface area contributed by atoms with Gasteiger partial charge in [-0.25, -0.2) is 19.9 Å². The van der Waals surface area contributed by atoms with Gasteiger partial charge in [-0.15, -0.1) is 0 Å². The van der Waals surface area contributed by atoms with Gasteiger partial charge in [0.05, 0.1) is 11.4 Å². The summed E-state index contributed by atoms with van der Waals surface area (Å²) in [4.78, 5) is 15.8. The van der Waals surface area contributed by atoms with Gasteiger partial charge in [-0.1, -0.05) is 38.1 Å². The monoisotopic (exact) mass is 409 g/mol. The normalized spacial score (nSPS) is 13.8. The number of nitrogens with zero attached hydrogens (tertiary/aromatic N) is 4. The molecule has 0 radical (unpaired) electrons. The second-order valence-corrected chi connectivity index (χ2v) is 6.27. The number of hydrogen-bond donors (Lipinski definition) is 1. The van der Waals surface area contributed by atoms with E-state index in [1.165, 1.54) is 0 Å². The Bertz CT molecular complexity index is 662. The third kappa shape index (κ3) is 4.67. The lowest BCUT2D eigenvalue weighted by Gasteiger charge is -1.99. The van der Waals surface area contributed by atoms with E-state index < -0.39 is 0 Å². The maximum atomic E-state index is 5.84. The summed E-state index contributed by atoms with van der Waals surface area (Å²) in [5.41, 5.74) is 3.98. The molecule has 0 spiro atoms. The molecule has 0 unspecified atom stereocenters. The molecule has 2 aromatic rings. The minimum atomic E-state index is 0. The Hall–Kier alpha value is -0.720. The van der Waals surface area contributed by atoms with Crippen molar-refractivity contribution in [3.63, 3.8) is 0 Å². The Morgan fingerprint density at radius 3 is 1.92 bits per heavy atom. The summed E-state index contributed by atoms with van der Waals surface area (Å²) in [6.07, 6.45) is 3.09. The van der Waals surface area contributed by atoms with Crippen LogP contribution in [0, 0.1) is 0 Å². The zero-order valence-electron chi connectivity index (χ0n) is 11.3. The molecule has 1 aliphatic carbocycles. The smallest absolute Gasteiger partial charge is 0.224 e. The molecule has 2 aromatic heterocycles. The van der Waals surface area contributed by atoms with Crippen LogP contribution in [0.5, 0.6) is 0 Å². The van der Waals surface area contributed by atoms with E-state index in [1.807, 2.05) is 0 Å². The standard InChI is InChI=1S/C7H6Cl2N2.C6H5Cl2N3.2CH4/c8-6-4-2-1-3-5(4)10-7(9)11-6;7-5-3-1-9-2-4(3)10-6(8)11-5;;/h1-3H2;9H,1-2H2;2*1H4. The molecule has 132 valence electrons. The largest absolute Gasteiger partial charge is 0.307 e. The van der Waals surface area contributed by atoms with Gasteiger partial charge in [0, 0.05) is 24.2 Å². The van der Waals surface area contributed by atoms with Crippen LogP contribution >= 0.6 is 46.4 Å². The molecule has 9 heteroatoms. The highest BCUT2D eigenvalue weighted by atomic mass is 35.5. The van der Waals surface area contributed by atoms with Crippen molar-refractivity contribution in [2.45, 2.75) is 47.2 Å². The van der Waals surface area contributed by atoms with E-state index in [2.05, 4.69) is 25.3 Å². The first kappa shape index (κ1) is 21.3. The topological polar surface area (TPSA) is 63.6 Å². The molecular weight excluding hydrogens is 392 g/mol. The summed E-state index contributed by atoms with van der Waals surface area (Å²) in [6.45, 7) is 1.47. The Kier molecular flexibility index (Phi) is 8.09. The van der Waals surface area contributed by atoms with E-state index >= 15 is 0 Å². The van der Waals surface area contributed by atoms with Crippen LogP contribution in [0.4, 0.5) is 0 Å². The molecule has 1 N–H and O–H groups in total. The molecule has 0 amide bonds. The highest BCUT2D eigenvalue weighted by Crippen LogP contribution is 2.26. The minimum Gasteiger partial charge on any atom is -0.307 e. The van der Waals surface area contributed by atoms with Crippen molar-refractivity contribution >= 4 is 46.4 Å². The lowest BCUT2D eigenvalue weighted by atomic mass is 10.3. The summed E-state index contributed by atoms with van der Waals surface area (Å²) < 4.78 is 0. The Balaban J connectivity index is 0.000000222. The Morgan fingerprint density at radius 2 is 1.25 bits per heavy atom. The third-order valence-corrected chi connectivity index (χ3v) is 4.43. The maximum absolute atomic E-state index is 5.84. The highest BCUT2D eigenvalue weighted by molar-refractivity contribution is 6.32. The number of halogens is 4. The number of fused-ring (bicyclic) bond motifs is 2. The van der Waals surface area contributed by atoms with Crippen LogP contribution in [0.15, 0.2) is 0 Å². The van der Waals surface area contributed by atoms with Crippen molar-refractivity contribution in [2.24, 2.45) is 0 Å². The van der Waals surface area contributed by atoms with Gasteiger partial charge in [0.25, 0.3) is 0 Å². The van der Waals surface area contributed by atoms with Crippen molar-refractivity contribution in [2.75, 3.05) is 0 Å². The molecule has 24 heavy (non-hydrogen) atoms. The second-order valence-electron chi connectivity index (χ2n) is 4.87. The summed E-state index contributed by atoms with van der Waals surface area (Å²) >= 11 is 22.9. The summed E-state index contributed by atoms with van der Waals surface area (Å²) in [7, 11) is 0. The first-order valence-corrected chi connectivity index (χ1v) is 8.18. The van der Waals surface area contributed by atoms with Gasteiger partial charge in [0.1, 0.15) is 10.3 Å². The number of hydrogen-bond acceptors (Lipinski definition) is 5. The van der Waals surface area contributed by atoms with Crippen LogP contribution in [0.3, 0.4) is 0 Å². The van der Waals surface area contributed by atoms with Crippen molar-refractivity contribution in [1.82, 2.24) is 25.3 Å². The zero-order valence-corrected chi connectivity index (χ0v) is 14.4. The molecule has 5 nitrogen and oxygen atoms in total. The third-order valence-electron chi connectivity index (χ3n) is 3.46. The van der Waals surface area contributed by atoms with Crippen LogP contribution in [0.1, 0.15) is 43.8 Å². The average Bonchev–Trinajstić information content (AvgIpc) is 3.07. The molecule has 0 saturated carbocycles. The maximum Gasteiger partial charge on any atom is 0.224 e. The van der Waals surface area contributed by atoms with Crippen molar-refractivity contribution in [1.29, 1.82) is 0 Å². The van der Waals surface area contributed by atoms with E-state index in [4.69, 9.17) is 46.4 Å². The fraction of sp³-hybridized carbons (Fsp3) is 0.467. The van der Waals surface area contributed by atoms with Crippen LogP contribution in [-0.2, 0) is 25.9 Å². The molecule has 2 aliphatic rings. The predicted octanol–water partition coefficient (Wildman–Crippen LogP) is 4.93. The van der Waals surface area contributed by atoms with E-state index in [-0.39, 0.29) is 25.4 Å². The zero-order chi connectivity index (χ0) is 15.7. The van der Waals surface area contributed by atoms with Gasteiger partial charge in [-0.3, -0.25) is 0 Å². The van der Waals surface area contributed by atoms with Crippen molar-refractivity contribution in [3.8, 4) is 0 Å². The van der Waals surface area contributed by atoms with Gasteiger partial charge in [0.15, 0.2) is 0 Å². The summed E-state index contributed by atoms with van der Waals surface area (Å²) in [6, 6.07) is 0.